The Kier molecular flexibility index (Phi) is 4.45. The third kappa shape index (κ3) is 3.28. The van der Waals surface area contributed by atoms with Crippen molar-refractivity contribution in [1.82, 2.24) is 0 Å². The largest absolute Gasteiger partial charge is 0.496 e. The first kappa shape index (κ1) is 13.9. The zero-order chi connectivity index (χ0) is 13.8. The highest BCUT2D eigenvalue weighted by atomic mass is 32.2. The van der Waals surface area contributed by atoms with E-state index in [0.29, 0.717) is 0 Å². The summed E-state index contributed by atoms with van der Waals surface area (Å²) in [4.78, 5) is 2.00. The molecule has 0 saturated carbocycles. The molecule has 0 radical (unpaired) electrons. The molecular weight excluding hydrogens is 261 g/mol. The van der Waals surface area contributed by atoms with Crippen LogP contribution in [0.5, 0.6) is 5.75 Å². The lowest BCUT2D eigenvalue weighted by molar-refractivity contribution is 0.405. The first-order valence-electron chi connectivity index (χ1n) is 5.97. The monoisotopic (exact) mass is 277 g/mol. The highest BCUT2D eigenvalue weighted by Crippen LogP contribution is 2.37. The molecule has 100 valence electrons. The number of hydrogen-bond donors (Lipinski definition) is 1. The lowest BCUT2D eigenvalue weighted by Gasteiger charge is -2.16. The summed E-state index contributed by atoms with van der Waals surface area (Å²) in [7, 11) is 1.63. The van der Waals surface area contributed by atoms with Gasteiger partial charge in [0.15, 0.2) is 0 Å². The number of ether oxygens (including phenoxy) is 1. The third-order valence-corrected chi connectivity index (χ3v) is 3.83. The Hall–Kier alpha value is -1.52. The SMILES string of the molecule is COc1cccc(Sc2ccc(F)cc2)c1[C@H](C)N. The summed E-state index contributed by atoms with van der Waals surface area (Å²) in [5, 5.41) is 0. The zero-order valence-electron chi connectivity index (χ0n) is 10.9. The van der Waals surface area contributed by atoms with Crippen LogP contribution >= 0.6 is 11.8 Å². The van der Waals surface area contributed by atoms with Crippen LogP contribution in [-0.2, 0) is 0 Å². The molecule has 0 aliphatic carbocycles. The normalized spacial score (nSPS) is 12.2. The maximum Gasteiger partial charge on any atom is 0.124 e. The molecule has 0 aliphatic heterocycles. The summed E-state index contributed by atoms with van der Waals surface area (Å²) in [6, 6.07) is 12.1. The van der Waals surface area contributed by atoms with Gasteiger partial charge in [0, 0.05) is 21.4 Å². The van der Waals surface area contributed by atoms with Gasteiger partial charge in [0.1, 0.15) is 11.6 Å². The van der Waals surface area contributed by atoms with Crippen LogP contribution in [0.15, 0.2) is 52.3 Å². The first-order valence-corrected chi connectivity index (χ1v) is 6.79. The van der Waals surface area contributed by atoms with Gasteiger partial charge < -0.3 is 10.5 Å². The number of benzene rings is 2. The molecule has 0 fully saturated rings. The lowest BCUT2D eigenvalue weighted by Crippen LogP contribution is -2.08. The van der Waals surface area contributed by atoms with Gasteiger partial charge in [-0.2, -0.15) is 0 Å². The van der Waals surface area contributed by atoms with Crippen molar-refractivity contribution in [3.05, 3.63) is 53.8 Å². The number of methoxy groups -OCH3 is 1. The molecule has 0 heterocycles. The minimum Gasteiger partial charge on any atom is -0.496 e. The second-order valence-corrected chi connectivity index (χ2v) is 5.33. The molecular formula is C15H16FNOS. The molecule has 0 unspecified atom stereocenters. The lowest BCUT2D eigenvalue weighted by atomic mass is 10.1. The highest BCUT2D eigenvalue weighted by molar-refractivity contribution is 7.99. The maximum absolute atomic E-state index is 12.9. The van der Waals surface area contributed by atoms with E-state index in [9.17, 15) is 4.39 Å². The van der Waals surface area contributed by atoms with Crippen molar-refractivity contribution < 1.29 is 9.13 Å². The topological polar surface area (TPSA) is 35.2 Å². The van der Waals surface area contributed by atoms with Gasteiger partial charge in [-0.1, -0.05) is 17.8 Å². The predicted molar refractivity (Wildman–Crippen MR) is 76.1 cm³/mol. The quantitative estimate of drug-likeness (QED) is 0.917. The summed E-state index contributed by atoms with van der Waals surface area (Å²) >= 11 is 1.55. The minimum atomic E-state index is -0.234. The summed E-state index contributed by atoms with van der Waals surface area (Å²) in [5.41, 5.74) is 6.99. The van der Waals surface area contributed by atoms with Gasteiger partial charge in [0.05, 0.1) is 7.11 Å². The van der Waals surface area contributed by atoms with Crippen molar-refractivity contribution >= 4 is 11.8 Å². The van der Waals surface area contributed by atoms with E-state index in [-0.39, 0.29) is 11.9 Å². The molecule has 0 saturated heterocycles. The van der Waals surface area contributed by atoms with Crippen LogP contribution in [0.3, 0.4) is 0 Å². The summed E-state index contributed by atoms with van der Waals surface area (Å²) < 4.78 is 18.3. The standard InChI is InChI=1S/C15H16FNOS/c1-10(17)15-13(18-2)4-3-5-14(15)19-12-8-6-11(16)7-9-12/h3-10H,17H2,1-2H3/t10-/m0/s1. The fourth-order valence-electron chi connectivity index (χ4n) is 1.87. The van der Waals surface area contributed by atoms with Crippen LogP contribution in [-0.4, -0.2) is 7.11 Å². The fraction of sp³-hybridized carbons (Fsp3) is 0.200. The molecule has 2 rings (SSSR count). The molecule has 2 aromatic rings. The van der Waals surface area contributed by atoms with Crippen LogP contribution in [0.2, 0.25) is 0 Å². The van der Waals surface area contributed by atoms with Crippen LogP contribution < -0.4 is 10.5 Å². The molecule has 2 N–H and O–H groups in total. The molecule has 0 bridgehead atoms. The van der Waals surface area contributed by atoms with Crippen LogP contribution in [0, 0.1) is 5.82 Å². The van der Waals surface area contributed by atoms with Crippen molar-refractivity contribution in [3.8, 4) is 5.75 Å². The molecule has 4 heteroatoms. The Labute approximate surface area is 116 Å². The van der Waals surface area contributed by atoms with Crippen LogP contribution in [0.4, 0.5) is 4.39 Å². The van der Waals surface area contributed by atoms with Gasteiger partial charge in [0.25, 0.3) is 0 Å². The highest BCUT2D eigenvalue weighted by Gasteiger charge is 2.13. The van der Waals surface area contributed by atoms with Gasteiger partial charge >= 0.3 is 0 Å². The number of rotatable bonds is 4. The Morgan fingerprint density at radius 2 is 1.84 bits per heavy atom. The number of hydrogen-bond acceptors (Lipinski definition) is 3. The van der Waals surface area contributed by atoms with E-state index in [1.807, 2.05) is 25.1 Å². The Morgan fingerprint density at radius 1 is 1.16 bits per heavy atom. The van der Waals surface area contributed by atoms with E-state index in [1.165, 1.54) is 12.1 Å². The van der Waals surface area contributed by atoms with Crippen LogP contribution in [0.1, 0.15) is 18.5 Å². The van der Waals surface area contributed by atoms with E-state index in [1.54, 1.807) is 31.0 Å². The average Bonchev–Trinajstić information content (AvgIpc) is 2.40. The van der Waals surface area contributed by atoms with Crippen molar-refractivity contribution in [2.24, 2.45) is 5.73 Å². The number of nitrogens with two attached hydrogens (primary N) is 1. The smallest absolute Gasteiger partial charge is 0.124 e. The molecule has 1 atom stereocenters. The first-order chi connectivity index (χ1) is 9.11. The Balaban J connectivity index is 2.36. The number of halogens is 1. The fourth-order valence-corrected chi connectivity index (χ4v) is 2.94. The minimum absolute atomic E-state index is 0.126. The van der Waals surface area contributed by atoms with Crippen LogP contribution in [0.25, 0.3) is 0 Å². The zero-order valence-corrected chi connectivity index (χ0v) is 11.7. The van der Waals surface area contributed by atoms with E-state index >= 15 is 0 Å². The summed E-state index contributed by atoms with van der Waals surface area (Å²) in [5.74, 6) is 0.546. The third-order valence-electron chi connectivity index (χ3n) is 2.74. The summed E-state index contributed by atoms with van der Waals surface area (Å²) in [6.07, 6.45) is 0. The van der Waals surface area contributed by atoms with Gasteiger partial charge in [-0.15, -0.1) is 0 Å². The second-order valence-electron chi connectivity index (χ2n) is 4.22. The Bertz CT molecular complexity index is 555. The second kappa shape index (κ2) is 6.08. The van der Waals surface area contributed by atoms with E-state index in [4.69, 9.17) is 10.5 Å². The van der Waals surface area contributed by atoms with E-state index in [0.717, 1.165) is 21.1 Å². The van der Waals surface area contributed by atoms with Gasteiger partial charge in [-0.05, 0) is 43.3 Å². The van der Waals surface area contributed by atoms with Crippen molar-refractivity contribution in [3.63, 3.8) is 0 Å². The molecule has 0 spiro atoms. The molecule has 0 aromatic heterocycles. The molecule has 2 nitrogen and oxygen atoms in total. The van der Waals surface area contributed by atoms with E-state index < -0.39 is 0 Å². The Morgan fingerprint density at radius 3 is 2.42 bits per heavy atom. The average molecular weight is 277 g/mol. The van der Waals surface area contributed by atoms with Crippen molar-refractivity contribution in [1.29, 1.82) is 0 Å². The molecule has 19 heavy (non-hydrogen) atoms. The van der Waals surface area contributed by atoms with E-state index in [2.05, 4.69) is 0 Å². The summed E-state index contributed by atoms with van der Waals surface area (Å²) in [6.45, 7) is 1.92. The van der Waals surface area contributed by atoms with Gasteiger partial charge in [-0.3, -0.25) is 0 Å². The predicted octanol–water partition coefficient (Wildman–Crippen LogP) is 4.01. The maximum atomic E-state index is 12.9. The molecule has 2 aromatic carbocycles. The molecule has 0 amide bonds. The van der Waals surface area contributed by atoms with Crippen molar-refractivity contribution in [2.75, 3.05) is 7.11 Å². The molecule has 0 aliphatic rings. The van der Waals surface area contributed by atoms with Gasteiger partial charge in [-0.25, -0.2) is 4.39 Å². The van der Waals surface area contributed by atoms with Crippen molar-refractivity contribution in [2.45, 2.75) is 22.8 Å². The van der Waals surface area contributed by atoms with Gasteiger partial charge in [0.2, 0.25) is 0 Å².